The molecule has 140 valence electrons. The van der Waals surface area contributed by atoms with E-state index in [1.54, 1.807) is 0 Å². The average molecular weight is 373 g/mol. The van der Waals surface area contributed by atoms with Crippen LogP contribution < -0.4 is 5.73 Å². The van der Waals surface area contributed by atoms with E-state index in [-0.39, 0.29) is 12.2 Å². The molecule has 2 aliphatic heterocycles. The lowest BCUT2D eigenvalue weighted by atomic mass is 9.83. The molecular formula is C21H28N2O2S. The second kappa shape index (κ2) is 7.69. The van der Waals surface area contributed by atoms with E-state index in [1.165, 1.54) is 4.88 Å². The van der Waals surface area contributed by atoms with Crippen LogP contribution in [-0.4, -0.2) is 35.7 Å². The third kappa shape index (κ3) is 3.54. The first-order valence-corrected chi connectivity index (χ1v) is 10.4. The van der Waals surface area contributed by atoms with E-state index in [9.17, 15) is 5.11 Å². The second-order valence-corrected chi connectivity index (χ2v) is 8.63. The van der Waals surface area contributed by atoms with Crippen molar-refractivity contribution in [1.29, 1.82) is 0 Å². The molecule has 4 rings (SSSR count). The van der Waals surface area contributed by atoms with Gasteiger partial charge in [-0.1, -0.05) is 18.2 Å². The first-order valence-electron chi connectivity index (χ1n) is 9.57. The van der Waals surface area contributed by atoms with Gasteiger partial charge in [0.05, 0.1) is 12.2 Å². The van der Waals surface area contributed by atoms with E-state index in [2.05, 4.69) is 28.5 Å². The Bertz CT molecular complexity index is 739. The van der Waals surface area contributed by atoms with Gasteiger partial charge in [-0.15, -0.1) is 11.3 Å². The van der Waals surface area contributed by atoms with Gasteiger partial charge in [0.2, 0.25) is 0 Å². The highest BCUT2D eigenvalue weighted by molar-refractivity contribution is 7.09. The molecule has 2 aliphatic rings. The fourth-order valence-corrected chi connectivity index (χ4v) is 5.13. The number of rotatable bonds is 4. The molecule has 2 atom stereocenters. The number of phenolic OH excluding ortho intramolecular Hbond substituents is 1. The van der Waals surface area contributed by atoms with Crippen molar-refractivity contribution in [3.8, 4) is 5.75 Å². The Hall–Kier alpha value is -1.40. The maximum absolute atomic E-state index is 10.6. The number of thiophene rings is 1. The monoisotopic (exact) mass is 372 g/mol. The Kier molecular flexibility index (Phi) is 5.32. The molecule has 1 saturated heterocycles. The predicted molar refractivity (Wildman–Crippen MR) is 106 cm³/mol. The van der Waals surface area contributed by atoms with Crippen LogP contribution in [0.3, 0.4) is 0 Å². The van der Waals surface area contributed by atoms with Crippen LogP contribution in [-0.2, 0) is 17.7 Å². The number of likely N-dealkylation sites (tertiary alicyclic amines) is 1. The molecule has 0 spiro atoms. The lowest BCUT2D eigenvalue weighted by Crippen LogP contribution is -2.41. The molecule has 5 heteroatoms. The van der Waals surface area contributed by atoms with E-state index in [0.717, 1.165) is 55.6 Å². The standard InChI is InChI=1S/C21H28N2O2S/c1-14-4-5-17-18(21(14)24)11-19(25-20(17)12-22)15-6-8-23(9-7-15)13-16-3-2-10-26-16/h2-5,10,15,19-20,24H,6-9,11-13,22H2,1H3. The van der Waals surface area contributed by atoms with Gasteiger partial charge in [0.1, 0.15) is 5.75 Å². The number of nitrogens with two attached hydrogens (primary N) is 1. The summed E-state index contributed by atoms with van der Waals surface area (Å²) in [5.41, 5.74) is 9.04. The molecule has 0 radical (unpaired) electrons. The maximum Gasteiger partial charge on any atom is 0.122 e. The summed E-state index contributed by atoms with van der Waals surface area (Å²) in [6, 6.07) is 8.38. The molecule has 3 N–H and O–H groups in total. The molecule has 2 unspecified atom stereocenters. The Labute approximate surface area is 159 Å². The van der Waals surface area contributed by atoms with Crippen molar-refractivity contribution >= 4 is 11.3 Å². The highest BCUT2D eigenvalue weighted by Crippen LogP contribution is 2.40. The summed E-state index contributed by atoms with van der Waals surface area (Å²) in [6.07, 6.45) is 3.16. The van der Waals surface area contributed by atoms with Gasteiger partial charge in [0, 0.05) is 30.0 Å². The first-order chi connectivity index (χ1) is 12.7. The SMILES string of the molecule is Cc1ccc2c(c1O)CC(C1CCN(Cc3cccs3)CC1)OC2CN. The molecule has 1 fully saturated rings. The van der Waals surface area contributed by atoms with E-state index >= 15 is 0 Å². The number of ether oxygens (including phenoxy) is 1. The quantitative estimate of drug-likeness (QED) is 0.861. The summed E-state index contributed by atoms with van der Waals surface area (Å²) in [5, 5.41) is 12.7. The lowest BCUT2D eigenvalue weighted by Gasteiger charge is -2.40. The third-order valence-electron chi connectivity index (χ3n) is 5.94. The van der Waals surface area contributed by atoms with Crippen LogP contribution >= 0.6 is 11.3 Å². The zero-order chi connectivity index (χ0) is 18.1. The number of phenols is 1. The van der Waals surface area contributed by atoms with Gasteiger partial charge in [-0.3, -0.25) is 4.90 Å². The van der Waals surface area contributed by atoms with Crippen LogP contribution in [0, 0.1) is 12.8 Å². The number of hydrogen-bond acceptors (Lipinski definition) is 5. The average Bonchev–Trinajstić information content (AvgIpc) is 3.17. The molecule has 3 heterocycles. The molecule has 1 aromatic carbocycles. The Morgan fingerprint density at radius 2 is 2.08 bits per heavy atom. The summed E-state index contributed by atoms with van der Waals surface area (Å²) in [5.74, 6) is 0.973. The normalized spacial score (nSPS) is 24.5. The van der Waals surface area contributed by atoms with Crippen molar-refractivity contribution in [2.24, 2.45) is 11.7 Å². The van der Waals surface area contributed by atoms with Crippen molar-refractivity contribution < 1.29 is 9.84 Å². The summed E-state index contributed by atoms with van der Waals surface area (Å²) in [6.45, 7) is 5.71. The van der Waals surface area contributed by atoms with Crippen molar-refractivity contribution in [1.82, 2.24) is 4.90 Å². The maximum atomic E-state index is 10.6. The first kappa shape index (κ1) is 18.0. The van der Waals surface area contributed by atoms with Gasteiger partial charge >= 0.3 is 0 Å². The number of aromatic hydroxyl groups is 1. The van der Waals surface area contributed by atoms with E-state index in [4.69, 9.17) is 10.5 Å². The number of fused-ring (bicyclic) bond motifs is 1. The molecule has 4 nitrogen and oxygen atoms in total. The zero-order valence-corrected chi connectivity index (χ0v) is 16.2. The van der Waals surface area contributed by atoms with Crippen LogP contribution in [0.4, 0.5) is 0 Å². The minimum atomic E-state index is -0.0978. The highest BCUT2D eigenvalue weighted by atomic mass is 32.1. The summed E-state index contributed by atoms with van der Waals surface area (Å²) < 4.78 is 6.38. The zero-order valence-electron chi connectivity index (χ0n) is 15.4. The minimum absolute atomic E-state index is 0.0978. The number of nitrogens with zero attached hydrogens (tertiary/aromatic N) is 1. The van der Waals surface area contributed by atoms with Gasteiger partial charge in [-0.2, -0.15) is 0 Å². The second-order valence-electron chi connectivity index (χ2n) is 7.59. The fourth-order valence-electron chi connectivity index (χ4n) is 4.38. The lowest BCUT2D eigenvalue weighted by molar-refractivity contribution is -0.0650. The van der Waals surface area contributed by atoms with Gasteiger partial charge in [-0.25, -0.2) is 0 Å². The summed E-state index contributed by atoms with van der Waals surface area (Å²) in [4.78, 5) is 3.98. The summed E-state index contributed by atoms with van der Waals surface area (Å²) >= 11 is 1.84. The van der Waals surface area contributed by atoms with Crippen LogP contribution in [0.1, 0.15) is 40.5 Å². The third-order valence-corrected chi connectivity index (χ3v) is 6.80. The molecule has 0 bridgehead atoms. The van der Waals surface area contributed by atoms with Gasteiger partial charge < -0.3 is 15.6 Å². The Balaban J connectivity index is 1.43. The van der Waals surface area contributed by atoms with Crippen LogP contribution in [0.2, 0.25) is 0 Å². The van der Waals surface area contributed by atoms with Crippen LogP contribution in [0.25, 0.3) is 0 Å². The van der Waals surface area contributed by atoms with Crippen molar-refractivity contribution in [3.63, 3.8) is 0 Å². The molecule has 26 heavy (non-hydrogen) atoms. The highest BCUT2D eigenvalue weighted by Gasteiger charge is 2.35. The van der Waals surface area contributed by atoms with Gasteiger partial charge in [0.25, 0.3) is 0 Å². The van der Waals surface area contributed by atoms with Gasteiger partial charge in [0.15, 0.2) is 0 Å². The largest absolute Gasteiger partial charge is 0.507 e. The molecular weight excluding hydrogens is 344 g/mol. The van der Waals surface area contributed by atoms with E-state index < -0.39 is 0 Å². The molecule has 0 aliphatic carbocycles. The van der Waals surface area contributed by atoms with Crippen LogP contribution in [0.15, 0.2) is 29.6 Å². The topological polar surface area (TPSA) is 58.7 Å². The minimum Gasteiger partial charge on any atom is -0.507 e. The van der Waals surface area contributed by atoms with E-state index in [0.29, 0.717) is 18.2 Å². The Morgan fingerprint density at radius 3 is 2.77 bits per heavy atom. The number of aryl methyl sites for hydroxylation is 1. The summed E-state index contributed by atoms with van der Waals surface area (Å²) in [7, 11) is 0. The molecule has 2 aromatic rings. The van der Waals surface area contributed by atoms with Crippen molar-refractivity contribution in [3.05, 3.63) is 51.2 Å². The van der Waals surface area contributed by atoms with Crippen molar-refractivity contribution in [2.75, 3.05) is 19.6 Å². The number of piperidine rings is 1. The fraction of sp³-hybridized carbons (Fsp3) is 0.524. The number of hydrogen-bond donors (Lipinski definition) is 2. The number of benzene rings is 1. The Morgan fingerprint density at radius 1 is 1.27 bits per heavy atom. The smallest absolute Gasteiger partial charge is 0.122 e. The molecule has 0 amide bonds. The van der Waals surface area contributed by atoms with Crippen molar-refractivity contribution in [2.45, 2.75) is 44.9 Å². The van der Waals surface area contributed by atoms with Gasteiger partial charge in [-0.05, 0) is 61.3 Å². The van der Waals surface area contributed by atoms with E-state index in [1.807, 2.05) is 24.3 Å². The molecule has 1 aromatic heterocycles. The van der Waals surface area contributed by atoms with Crippen LogP contribution in [0.5, 0.6) is 5.75 Å². The predicted octanol–water partition coefficient (Wildman–Crippen LogP) is 3.62. The molecule has 0 saturated carbocycles.